The van der Waals surface area contributed by atoms with Crippen LogP contribution in [0.5, 0.6) is 0 Å². The zero-order chi connectivity index (χ0) is 15.0. The molecule has 112 valence electrons. The van der Waals surface area contributed by atoms with Gasteiger partial charge in [-0.3, -0.25) is 14.5 Å². The van der Waals surface area contributed by atoms with Crippen LogP contribution in [-0.4, -0.2) is 41.3 Å². The molecule has 2 aliphatic rings. The Hall–Kier alpha value is -1.91. The summed E-state index contributed by atoms with van der Waals surface area (Å²) in [4.78, 5) is 32.1. The van der Waals surface area contributed by atoms with Gasteiger partial charge in [-0.15, -0.1) is 0 Å². The third kappa shape index (κ3) is 2.64. The van der Waals surface area contributed by atoms with E-state index in [-0.39, 0.29) is 11.8 Å². The summed E-state index contributed by atoms with van der Waals surface area (Å²) in [7, 11) is 0. The maximum absolute atomic E-state index is 12.4. The minimum atomic E-state index is -0.0274. The molecule has 0 bridgehead atoms. The third-order valence-corrected chi connectivity index (χ3v) is 4.44. The molecular formula is C16H21N3O2. The van der Waals surface area contributed by atoms with E-state index in [1.807, 2.05) is 4.90 Å². The Kier molecular flexibility index (Phi) is 3.66. The highest BCUT2D eigenvalue weighted by molar-refractivity contribution is 5.96. The lowest BCUT2D eigenvalue weighted by Gasteiger charge is -2.41. The van der Waals surface area contributed by atoms with E-state index in [1.54, 1.807) is 23.1 Å². The molecule has 5 heteroatoms. The van der Waals surface area contributed by atoms with Gasteiger partial charge >= 0.3 is 0 Å². The van der Waals surface area contributed by atoms with Crippen molar-refractivity contribution in [2.75, 3.05) is 24.5 Å². The second kappa shape index (κ2) is 5.47. The molecule has 1 aromatic heterocycles. The Morgan fingerprint density at radius 3 is 2.71 bits per heavy atom. The minimum Gasteiger partial charge on any atom is -0.337 e. The van der Waals surface area contributed by atoms with Gasteiger partial charge in [-0.1, -0.05) is 19.9 Å². The molecule has 21 heavy (non-hydrogen) atoms. The number of aromatic nitrogens is 1. The van der Waals surface area contributed by atoms with E-state index in [0.717, 1.165) is 19.5 Å². The molecule has 0 saturated carbocycles. The van der Waals surface area contributed by atoms with E-state index in [4.69, 9.17) is 0 Å². The first kappa shape index (κ1) is 14.0. The number of carbonyl (C=O) groups excluding carboxylic acids is 2. The van der Waals surface area contributed by atoms with Crippen molar-refractivity contribution in [3.05, 3.63) is 23.9 Å². The smallest absolute Gasteiger partial charge is 0.272 e. The van der Waals surface area contributed by atoms with Crippen molar-refractivity contribution >= 4 is 17.6 Å². The first-order chi connectivity index (χ1) is 10.1. The first-order valence-corrected chi connectivity index (χ1v) is 7.63. The summed E-state index contributed by atoms with van der Waals surface area (Å²) in [6.45, 7) is 6.69. The highest BCUT2D eigenvalue weighted by Crippen LogP contribution is 2.25. The number of pyridine rings is 1. The zero-order valence-electron chi connectivity index (χ0n) is 12.6. The molecule has 0 unspecified atom stereocenters. The highest BCUT2D eigenvalue weighted by atomic mass is 16.2. The molecule has 0 radical (unpaired) electrons. The average molecular weight is 287 g/mol. The van der Waals surface area contributed by atoms with Crippen LogP contribution in [0, 0.1) is 11.8 Å². The molecule has 0 spiro atoms. The number of anilines is 1. The molecule has 2 fully saturated rings. The van der Waals surface area contributed by atoms with E-state index in [1.165, 1.54) is 0 Å². The molecule has 3 heterocycles. The normalized spacial score (nSPS) is 19.3. The molecule has 0 atom stereocenters. The summed E-state index contributed by atoms with van der Waals surface area (Å²) >= 11 is 0. The van der Waals surface area contributed by atoms with E-state index in [2.05, 4.69) is 18.8 Å². The Morgan fingerprint density at radius 2 is 2.10 bits per heavy atom. The Labute approximate surface area is 124 Å². The van der Waals surface area contributed by atoms with Gasteiger partial charge in [-0.25, -0.2) is 4.98 Å². The average Bonchev–Trinajstić information content (AvgIpc) is 2.83. The van der Waals surface area contributed by atoms with Crippen LogP contribution < -0.4 is 4.90 Å². The second-order valence-electron chi connectivity index (χ2n) is 6.24. The lowest BCUT2D eigenvalue weighted by atomic mass is 9.88. The fourth-order valence-corrected chi connectivity index (χ4v) is 2.85. The van der Waals surface area contributed by atoms with Crippen LogP contribution in [0.1, 0.15) is 37.2 Å². The van der Waals surface area contributed by atoms with Gasteiger partial charge in [0.1, 0.15) is 11.5 Å². The van der Waals surface area contributed by atoms with Gasteiger partial charge in [-0.2, -0.15) is 0 Å². The van der Waals surface area contributed by atoms with Crippen molar-refractivity contribution in [1.29, 1.82) is 0 Å². The molecular weight excluding hydrogens is 266 g/mol. The van der Waals surface area contributed by atoms with Gasteiger partial charge in [-0.05, 0) is 30.4 Å². The van der Waals surface area contributed by atoms with Crippen molar-refractivity contribution in [2.45, 2.75) is 26.7 Å². The lowest BCUT2D eigenvalue weighted by molar-refractivity contribution is -0.117. The van der Waals surface area contributed by atoms with Crippen molar-refractivity contribution in [2.24, 2.45) is 11.8 Å². The van der Waals surface area contributed by atoms with Gasteiger partial charge < -0.3 is 4.90 Å². The molecule has 2 amide bonds. The molecule has 0 aliphatic carbocycles. The van der Waals surface area contributed by atoms with Crippen molar-refractivity contribution in [3.63, 3.8) is 0 Å². The monoisotopic (exact) mass is 287 g/mol. The first-order valence-electron chi connectivity index (χ1n) is 7.63. The molecule has 2 saturated heterocycles. The standard InChI is InChI=1S/C16H21N3O2/c1-11(2)12-9-18(10-12)16(21)13-5-3-6-14(17-13)19-8-4-7-15(19)20/h3,5-6,11-12H,4,7-10H2,1-2H3. The van der Waals surface area contributed by atoms with Gasteiger partial charge in [0.25, 0.3) is 5.91 Å². The molecule has 0 N–H and O–H groups in total. The quantitative estimate of drug-likeness (QED) is 0.853. The minimum absolute atomic E-state index is 0.0274. The van der Waals surface area contributed by atoms with Crippen LogP contribution in [0.2, 0.25) is 0 Å². The zero-order valence-corrected chi connectivity index (χ0v) is 12.6. The van der Waals surface area contributed by atoms with Crippen LogP contribution in [0.4, 0.5) is 5.82 Å². The summed E-state index contributed by atoms with van der Waals surface area (Å²) in [5, 5.41) is 0. The third-order valence-electron chi connectivity index (χ3n) is 4.44. The lowest BCUT2D eigenvalue weighted by Crippen LogP contribution is -2.52. The summed E-state index contributed by atoms with van der Waals surface area (Å²) in [5.41, 5.74) is 0.439. The van der Waals surface area contributed by atoms with Crippen molar-refractivity contribution in [1.82, 2.24) is 9.88 Å². The predicted molar refractivity (Wildman–Crippen MR) is 80.1 cm³/mol. The maximum Gasteiger partial charge on any atom is 0.272 e. The highest BCUT2D eigenvalue weighted by Gasteiger charge is 2.33. The number of hydrogen-bond donors (Lipinski definition) is 0. The van der Waals surface area contributed by atoms with E-state index in [9.17, 15) is 9.59 Å². The molecule has 1 aromatic rings. The Morgan fingerprint density at radius 1 is 1.33 bits per heavy atom. The fourth-order valence-electron chi connectivity index (χ4n) is 2.85. The number of amides is 2. The topological polar surface area (TPSA) is 53.5 Å². The van der Waals surface area contributed by atoms with Gasteiger partial charge in [0.15, 0.2) is 0 Å². The summed E-state index contributed by atoms with van der Waals surface area (Å²) in [6.07, 6.45) is 1.43. The maximum atomic E-state index is 12.4. The molecule has 0 aromatic carbocycles. The fraction of sp³-hybridized carbons (Fsp3) is 0.562. The largest absolute Gasteiger partial charge is 0.337 e. The predicted octanol–water partition coefficient (Wildman–Crippen LogP) is 1.94. The van der Waals surface area contributed by atoms with E-state index >= 15 is 0 Å². The van der Waals surface area contributed by atoms with E-state index < -0.39 is 0 Å². The number of nitrogens with zero attached hydrogens (tertiary/aromatic N) is 3. The molecule has 5 nitrogen and oxygen atoms in total. The van der Waals surface area contributed by atoms with Crippen LogP contribution in [0.15, 0.2) is 18.2 Å². The van der Waals surface area contributed by atoms with Crippen LogP contribution in [-0.2, 0) is 4.79 Å². The SMILES string of the molecule is CC(C)C1CN(C(=O)c2cccc(N3CCCC3=O)n2)C1. The number of carbonyl (C=O) groups is 2. The summed E-state index contributed by atoms with van der Waals surface area (Å²) < 4.78 is 0. The second-order valence-corrected chi connectivity index (χ2v) is 6.24. The Balaban J connectivity index is 1.71. The van der Waals surface area contributed by atoms with Gasteiger partial charge in [0, 0.05) is 26.1 Å². The molecule has 3 rings (SSSR count). The van der Waals surface area contributed by atoms with Crippen molar-refractivity contribution in [3.8, 4) is 0 Å². The summed E-state index contributed by atoms with van der Waals surface area (Å²) in [6, 6.07) is 5.34. The van der Waals surface area contributed by atoms with Crippen LogP contribution in [0.25, 0.3) is 0 Å². The van der Waals surface area contributed by atoms with Gasteiger partial charge in [0.05, 0.1) is 0 Å². The Bertz CT molecular complexity index is 564. The number of rotatable bonds is 3. The molecule has 2 aliphatic heterocycles. The number of hydrogen-bond acceptors (Lipinski definition) is 3. The van der Waals surface area contributed by atoms with E-state index in [0.29, 0.717) is 36.3 Å². The van der Waals surface area contributed by atoms with Gasteiger partial charge in [0.2, 0.25) is 5.91 Å². The summed E-state index contributed by atoms with van der Waals surface area (Å²) in [5.74, 6) is 1.87. The van der Waals surface area contributed by atoms with Crippen LogP contribution >= 0.6 is 0 Å². The number of likely N-dealkylation sites (tertiary alicyclic amines) is 1. The van der Waals surface area contributed by atoms with Crippen molar-refractivity contribution < 1.29 is 9.59 Å². The van der Waals surface area contributed by atoms with Crippen LogP contribution in [0.3, 0.4) is 0 Å².